The second-order valence-electron chi connectivity index (χ2n) is 6.95. The summed E-state index contributed by atoms with van der Waals surface area (Å²) in [6.45, 7) is 1.12. The summed E-state index contributed by atoms with van der Waals surface area (Å²) in [5, 5.41) is 8.35. The molecule has 0 unspecified atom stereocenters. The molecule has 0 aliphatic carbocycles. The third-order valence-corrected chi connectivity index (χ3v) is 4.59. The second-order valence-corrected chi connectivity index (χ2v) is 6.95. The smallest absolute Gasteiger partial charge is 0.271 e. The van der Waals surface area contributed by atoms with E-state index in [2.05, 4.69) is 27.8 Å². The van der Waals surface area contributed by atoms with Gasteiger partial charge in [0, 0.05) is 17.3 Å². The van der Waals surface area contributed by atoms with Gasteiger partial charge in [0.25, 0.3) is 5.91 Å². The van der Waals surface area contributed by atoms with Crippen LogP contribution in [0.25, 0.3) is 0 Å². The highest BCUT2D eigenvalue weighted by Gasteiger charge is 2.05. The predicted octanol–water partition coefficient (Wildman–Crippen LogP) is 4.27. The van der Waals surface area contributed by atoms with Gasteiger partial charge in [0.05, 0.1) is 19.0 Å². The number of rotatable bonds is 8. The molecule has 154 valence electrons. The summed E-state index contributed by atoms with van der Waals surface area (Å²) < 4.78 is 7.54. The number of ether oxygens (including phenoxy) is 1. The van der Waals surface area contributed by atoms with Crippen molar-refractivity contribution in [1.82, 2.24) is 15.2 Å². The van der Waals surface area contributed by atoms with Gasteiger partial charge in [-0.3, -0.25) is 9.48 Å². The van der Waals surface area contributed by atoms with Gasteiger partial charge in [-0.15, -0.1) is 0 Å². The van der Waals surface area contributed by atoms with Crippen LogP contribution in [0, 0.1) is 0 Å². The van der Waals surface area contributed by atoms with E-state index in [-0.39, 0.29) is 5.91 Å². The van der Waals surface area contributed by atoms with Crippen molar-refractivity contribution in [2.24, 2.45) is 5.10 Å². The van der Waals surface area contributed by atoms with E-state index in [0.29, 0.717) is 18.7 Å². The van der Waals surface area contributed by atoms with E-state index in [1.165, 1.54) is 5.56 Å². The lowest BCUT2D eigenvalue weighted by Crippen LogP contribution is -2.17. The number of hydrogen-bond donors (Lipinski definition) is 1. The molecule has 1 N–H and O–H groups in total. The van der Waals surface area contributed by atoms with Gasteiger partial charge in [-0.1, -0.05) is 60.7 Å². The minimum absolute atomic E-state index is 0.275. The lowest BCUT2D eigenvalue weighted by atomic mass is 10.1. The van der Waals surface area contributed by atoms with E-state index in [1.807, 2.05) is 71.5 Å². The first-order valence-corrected chi connectivity index (χ1v) is 9.93. The average Bonchev–Trinajstić information content (AvgIpc) is 3.26. The molecule has 1 aromatic heterocycles. The van der Waals surface area contributed by atoms with Crippen LogP contribution < -0.4 is 10.2 Å². The summed E-state index contributed by atoms with van der Waals surface area (Å²) in [5.41, 5.74) is 6.03. The molecule has 4 rings (SSSR count). The topological polar surface area (TPSA) is 68.5 Å². The van der Waals surface area contributed by atoms with E-state index in [1.54, 1.807) is 24.5 Å². The van der Waals surface area contributed by atoms with E-state index in [9.17, 15) is 4.79 Å². The molecule has 0 bridgehead atoms. The standard InChI is InChI=1S/C25H22N4O2/c30-25(23-13-11-21(12-14-23)19-31-24-9-5-2-6-10-24)28-26-15-22-16-27-29(18-22)17-20-7-3-1-4-8-20/h1-16,18H,17,19H2,(H,28,30)/b26-15-. The van der Waals surface area contributed by atoms with E-state index in [4.69, 9.17) is 4.74 Å². The summed E-state index contributed by atoms with van der Waals surface area (Å²) in [6, 6.07) is 27.0. The van der Waals surface area contributed by atoms with Crippen molar-refractivity contribution in [2.45, 2.75) is 13.2 Å². The fourth-order valence-electron chi connectivity index (χ4n) is 2.97. The molecular formula is C25H22N4O2. The largest absolute Gasteiger partial charge is 0.489 e. The maximum absolute atomic E-state index is 12.3. The van der Waals surface area contributed by atoms with Gasteiger partial charge in [0.2, 0.25) is 0 Å². The van der Waals surface area contributed by atoms with Gasteiger partial charge in [-0.25, -0.2) is 5.43 Å². The lowest BCUT2D eigenvalue weighted by Gasteiger charge is -2.06. The molecule has 6 heteroatoms. The van der Waals surface area contributed by atoms with Gasteiger partial charge in [-0.2, -0.15) is 10.2 Å². The third kappa shape index (κ3) is 5.90. The van der Waals surface area contributed by atoms with Crippen LogP contribution in [0.1, 0.15) is 27.0 Å². The number of nitrogens with zero attached hydrogens (tertiary/aromatic N) is 3. The monoisotopic (exact) mass is 410 g/mol. The maximum atomic E-state index is 12.3. The fourth-order valence-corrected chi connectivity index (χ4v) is 2.97. The number of para-hydroxylation sites is 1. The summed E-state index contributed by atoms with van der Waals surface area (Å²) in [7, 11) is 0. The first-order chi connectivity index (χ1) is 15.3. The fraction of sp³-hybridized carbons (Fsp3) is 0.0800. The number of nitrogens with one attached hydrogen (secondary N) is 1. The highest BCUT2D eigenvalue weighted by atomic mass is 16.5. The Balaban J connectivity index is 1.27. The minimum atomic E-state index is -0.275. The van der Waals surface area contributed by atoms with Crippen LogP contribution in [0.3, 0.4) is 0 Å². The molecule has 0 atom stereocenters. The van der Waals surface area contributed by atoms with Gasteiger partial charge in [0.15, 0.2) is 0 Å². The van der Waals surface area contributed by atoms with Crippen molar-refractivity contribution >= 4 is 12.1 Å². The van der Waals surface area contributed by atoms with Crippen molar-refractivity contribution in [3.8, 4) is 5.75 Å². The Labute approximate surface area is 180 Å². The molecule has 0 fully saturated rings. The number of hydrazone groups is 1. The third-order valence-electron chi connectivity index (χ3n) is 4.59. The first-order valence-electron chi connectivity index (χ1n) is 9.93. The van der Waals surface area contributed by atoms with Crippen LogP contribution in [0.2, 0.25) is 0 Å². The highest BCUT2D eigenvalue weighted by molar-refractivity contribution is 5.94. The Bertz CT molecular complexity index is 1140. The normalized spacial score (nSPS) is 10.8. The van der Waals surface area contributed by atoms with Crippen molar-refractivity contribution < 1.29 is 9.53 Å². The van der Waals surface area contributed by atoms with E-state index >= 15 is 0 Å². The molecule has 1 amide bonds. The number of hydrogen-bond acceptors (Lipinski definition) is 4. The van der Waals surface area contributed by atoms with Crippen LogP contribution in [0.4, 0.5) is 0 Å². The van der Waals surface area contributed by atoms with Gasteiger partial charge in [0.1, 0.15) is 12.4 Å². The molecule has 0 aliphatic heterocycles. The zero-order valence-corrected chi connectivity index (χ0v) is 16.9. The van der Waals surface area contributed by atoms with Crippen LogP contribution in [0.15, 0.2) is 102 Å². The number of carbonyl (C=O) groups is 1. The predicted molar refractivity (Wildman–Crippen MR) is 120 cm³/mol. The van der Waals surface area contributed by atoms with E-state index < -0.39 is 0 Å². The Morgan fingerprint density at radius 1 is 0.935 bits per heavy atom. The number of aromatic nitrogens is 2. The second kappa shape index (κ2) is 10.0. The number of benzene rings is 3. The summed E-state index contributed by atoms with van der Waals surface area (Å²) in [6.07, 6.45) is 5.17. The van der Waals surface area contributed by atoms with Gasteiger partial charge < -0.3 is 4.74 Å². The van der Waals surface area contributed by atoms with Crippen LogP contribution in [-0.2, 0) is 13.2 Å². The molecule has 0 radical (unpaired) electrons. The summed E-state index contributed by atoms with van der Waals surface area (Å²) >= 11 is 0. The Kier molecular flexibility index (Phi) is 6.50. The molecule has 1 heterocycles. The van der Waals surface area contributed by atoms with Crippen molar-refractivity contribution in [3.63, 3.8) is 0 Å². The average molecular weight is 410 g/mol. The van der Waals surface area contributed by atoms with E-state index in [0.717, 1.165) is 16.9 Å². The molecule has 0 saturated heterocycles. The van der Waals surface area contributed by atoms with Gasteiger partial charge in [-0.05, 0) is 35.4 Å². The molecule has 6 nitrogen and oxygen atoms in total. The van der Waals surface area contributed by atoms with Crippen LogP contribution >= 0.6 is 0 Å². The number of carbonyl (C=O) groups excluding carboxylic acids is 1. The molecular weight excluding hydrogens is 388 g/mol. The minimum Gasteiger partial charge on any atom is -0.489 e. The zero-order chi connectivity index (χ0) is 21.3. The molecule has 31 heavy (non-hydrogen) atoms. The van der Waals surface area contributed by atoms with Crippen LogP contribution in [0.5, 0.6) is 5.75 Å². The van der Waals surface area contributed by atoms with Gasteiger partial charge >= 0.3 is 0 Å². The Morgan fingerprint density at radius 3 is 2.39 bits per heavy atom. The summed E-state index contributed by atoms with van der Waals surface area (Å²) in [5.74, 6) is 0.536. The maximum Gasteiger partial charge on any atom is 0.271 e. The van der Waals surface area contributed by atoms with Crippen molar-refractivity contribution in [2.75, 3.05) is 0 Å². The molecule has 0 spiro atoms. The Morgan fingerprint density at radius 2 is 1.65 bits per heavy atom. The molecule has 4 aromatic rings. The quantitative estimate of drug-likeness (QED) is 0.348. The van der Waals surface area contributed by atoms with Crippen LogP contribution in [-0.4, -0.2) is 21.9 Å². The lowest BCUT2D eigenvalue weighted by molar-refractivity contribution is 0.0955. The molecule has 0 aliphatic rings. The SMILES string of the molecule is O=C(N/N=C\c1cnn(Cc2ccccc2)c1)c1ccc(COc2ccccc2)cc1. The Hall–Kier alpha value is -4.19. The first kappa shape index (κ1) is 20.1. The zero-order valence-electron chi connectivity index (χ0n) is 16.9. The highest BCUT2D eigenvalue weighted by Crippen LogP contribution is 2.12. The van der Waals surface area contributed by atoms with Crippen molar-refractivity contribution in [3.05, 3.63) is 120 Å². The number of amides is 1. The molecule has 3 aromatic carbocycles. The summed E-state index contributed by atoms with van der Waals surface area (Å²) in [4.78, 5) is 12.3. The molecule has 0 saturated carbocycles. The van der Waals surface area contributed by atoms with Crippen molar-refractivity contribution in [1.29, 1.82) is 0 Å².